The van der Waals surface area contributed by atoms with Crippen LogP contribution in [0.5, 0.6) is 0 Å². The van der Waals surface area contributed by atoms with E-state index in [1.54, 1.807) is 11.8 Å². The van der Waals surface area contributed by atoms with Crippen molar-refractivity contribution in [2.45, 2.75) is 45.2 Å². The van der Waals surface area contributed by atoms with Crippen LogP contribution >= 0.6 is 11.8 Å². The van der Waals surface area contributed by atoms with E-state index in [-0.39, 0.29) is 11.9 Å². The highest BCUT2D eigenvalue weighted by molar-refractivity contribution is 7.99. The topological polar surface area (TPSA) is 52.7 Å². The smallest absolute Gasteiger partial charge is 0.318 e. The van der Waals surface area contributed by atoms with E-state index in [9.17, 15) is 9.59 Å². The van der Waals surface area contributed by atoms with E-state index in [2.05, 4.69) is 12.2 Å². The monoisotopic (exact) mass is 299 g/mol. The molecule has 0 aromatic rings. The zero-order chi connectivity index (χ0) is 14.5. The van der Waals surface area contributed by atoms with E-state index in [4.69, 9.17) is 0 Å². The van der Waals surface area contributed by atoms with Crippen LogP contribution in [0.1, 0.15) is 33.1 Å². The third kappa shape index (κ3) is 3.81. The molecule has 114 valence electrons. The van der Waals surface area contributed by atoms with Crippen molar-refractivity contribution in [2.75, 3.05) is 31.1 Å². The summed E-state index contributed by atoms with van der Waals surface area (Å²) in [7, 11) is 0. The molecule has 0 aromatic heterocycles. The first-order chi connectivity index (χ1) is 9.59. The molecule has 5 nitrogen and oxygen atoms in total. The number of piperidine rings is 1. The zero-order valence-corrected chi connectivity index (χ0v) is 13.2. The molecular formula is C14H25N3O2S. The van der Waals surface area contributed by atoms with Gasteiger partial charge in [-0.15, -0.1) is 0 Å². The van der Waals surface area contributed by atoms with Gasteiger partial charge in [-0.2, -0.15) is 11.8 Å². The predicted octanol–water partition coefficient (Wildman–Crippen LogP) is 1.53. The highest BCUT2D eigenvalue weighted by Crippen LogP contribution is 2.17. The van der Waals surface area contributed by atoms with E-state index in [0.29, 0.717) is 6.04 Å². The largest absolute Gasteiger partial charge is 0.338 e. The molecule has 2 unspecified atom stereocenters. The van der Waals surface area contributed by atoms with Crippen LogP contribution in [0.25, 0.3) is 0 Å². The Morgan fingerprint density at radius 1 is 1.20 bits per heavy atom. The molecule has 2 aliphatic rings. The van der Waals surface area contributed by atoms with Crippen molar-refractivity contribution in [3.63, 3.8) is 0 Å². The van der Waals surface area contributed by atoms with Gasteiger partial charge < -0.3 is 15.1 Å². The molecule has 2 rings (SSSR count). The molecule has 2 atom stereocenters. The standard InChI is InChI=1S/C14H25N3O2S/c1-11-5-3-4-6-17(11)13(18)12(2)15-14(19)16-7-9-20-10-8-16/h11-12H,3-10H2,1-2H3,(H,15,19). The number of thioether (sulfide) groups is 1. The predicted molar refractivity (Wildman–Crippen MR) is 81.9 cm³/mol. The van der Waals surface area contributed by atoms with Gasteiger partial charge in [0.05, 0.1) is 0 Å². The molecule has 2 heterocycles. The van der Waals surface area contributed by atoms with Crippen molar-refractivity contribution < 1.29 is 9.59 Å². The molecule has 0 aliphatic carbocycles. The fourth-order valence-corrected chi connectivity index (χ4v) is 3.68. The van der Waals surface area contributed by atoms with Gasteiger partial charge in [0.1, 0.15) is 6.04 Å². The second kappa shape index (κ2) is 7.20. The quantitative estimate of drug-likeness (QED) is 0.841. The maximum Gasteiger partial charge on any atom is 0.318 e. The van der Waals surface area contributed by atoms with Gasteiger partial charge in [-0.25, -0.2) is 4.79 Å². The number of amides is 3. The number of nitrogens with zero attached hydrogens (tertiary/aromatic N) is 2. The first-order valence-electron chi connectivity index (χ1n) is 7.53. The number of carbonyl (C=O) groups excluding carboxylic acids is 2. The summed E-state index contributed by atoms with van der Waals surface area (Å²) in [6, 6.07) is -0.240. The summed E-state index contributed by atoms with van der Waals surface area (Å²) in [5.41, 5.74) is 0. The third-order valence-electron chi connectivity index (χ3n) is 4.09. The van der Waals surface area contributed by atoms with Crippen molar-refractivity contribution in [2.24, 2.45) is 0 Å². The summed E-state index contributed by atoms with van der Waals surface area (Å²) in [5.74, 6) is 2.02. The first-order valence-corrected chi connectivity index (χ1v) is 8.68. The molecule has 1 N–H and O–H groups in total. The van der Waals surface area contributed by atoms with Crippen LogP contribution in [0.4, 0.5) is 4.79 Å². The molecule has 0 bridgehead atoms. The summed E-state index contributed by atoms with van der Waals surface area (Å²) in [4.78, 5) is 28.3. The van der Waals surface area contributed by atoms with Crippen molar-refractivity contribution in [3.05, 3.63) is 0 Å². The van der Waals surface area contributed by atoms with Gasteiger partial charge in [0.25, 0.3) is 0 Å². The normalized spacial score (nSPS) is 25.2. The Bertz CT molecular complexity index is 358. The highest BCUT2D eigenvalue weighted by atomic mass is 32.2. The van der Waals surface area contributed by atoms with Crippen LogP contribution in [0.3, 0.4) is 0 Å². The van der Waals surface area contributed by atoms with Crippen LogP contribution in [-0.2, 0) is 4.79 Å². The number of carbonyl (C=O) groups is 2. The lowest BCUT2D eigenvalue weighted by atomic mass is 10.0. The molecule has 0 spiro atoms. The Morgan fingerprint density at radius 2 is 1.90 bits per heavy atom. The number of nitrogens with one attached hydrogen (secondary N) is 1. The van der Waals surface area contributed by atoms with Gasteiger partial charge in [-0.1, -0.05) is 0 Å². The van der Waals surface area contributed by atoms with Crippen LogP contribution in [0.2, 0.25) is 0 Å². The van der Waals surface area contributed by atoms with Gasteiger partial charge in [0, 0.05) is 37.2 Å². The second-order valence-electron chi connectivity index (χ2n) is 5.65. The average Bonchev–Trinajstić information content (AvgIpc) is 2.48. The molecule has 2 fully saturated rings. The Balaban J connectivity index is 1.85. The van der Waals surface area contributed by atoms with Gasteiger partial charge >= 0.3 is 6.03 Å². The summed E-state index contributed by atoms with van der Waals surface area (Å²) in [5, 5.41) is 2.85. The minimum atomic E-state index is -0.433. The number of urea groups is 1. The lowest BCUT2D eigenvalue weighted by Gasteiger charge is -2.36. The summed E-state index contributed by atoms with van der Waals surface area (Å²) in [6.07, 6.45) is 3.33. The zero-order valence-electron chi connectivity index (χ0n) is 12.4. The molecule has 2 aliphatic heterocycles. The molecule has 0 aromatic carbocycles. The van der Waals surface area contributed by atoms with E-state index in [1.165, 1.54) is 6.42 Å². The van der Waals surface area contributed by atoms with Gasteiger partial charge in [-0.3, -0.25) is 4.79 Å². The lowest BCUT2D eigenvalue weighted by Crippen LogP contribution is -2.54. The fourth-order valence-electron chi connectivity index (χ4n) is 2.78. The number of rotatable bonds is 2. The summed E-state index contributed by atoms with van der Waals surface area (Å²) in [6.45, 7) is 6.25. The molecule has 6 heteroatoms. The van der Waals surface area contributed by atoms with Crippen LogP contribution < -0.4 is 5.32 Å². The minimum absolute atomic E-state index is 0.0527. The van der Waals surface area contributed by atoms with Gasteiger partial charge in [-0.05, 0) is 33.1 Å². The third-order valence-corrected chi connectivity index (χ3v) is 5.04. The molecule has 2 saturated heterocycles. The second-order valence-corrected chi connectivity index (χ2v) is 6.87. The maximum atomic E-state index is 12.4. The molecule has 20 heavy (non-hydrogen) atoms. The maximum absolute atomic E-state index is 12.4. The molecule has 0 radical (unpaired) electrons. The molecular weight excluding hydrogens is 274 g/mol. The number of hydrogen-bond acceptors (Lipinski definition) is 3. The Morgan fingerprint density at radius 3 is 2.55 bits per heavy atom. The Hall–Kier alpha value is -0.910. The van der Waals surface area contributed by atoms with E-state index in [1.807, 2.05) is 16.7 Å². The highest BCUT2D eigenvalue weighted by Gasteiger charge is 2.28. The number of hydrogen-bond donors (Lipinski definition) is 1. The first kappa shape index (κ1) is 15.5. The number of likely N-dealkylation sites (tertiary alicyclic amines) is 1. The van der Waals surface area contributed by atoms with Crippen molar-refractivity contribution in [1.82, 2.24) is 15.1 Å². The minimum Gasteiger partial charge on any atom is -0.338 e. The Kier molecular flexibility index (Phi) is 5.57. The van der Waals surface area contributed by atoms with Crippen LogP contribution in [0, 0.1) is 0 Å². The van der Waals surface area contributed by atoms with E-state index in [0.717, 1.165) is 44.0 Å². The van der Waals surface area contributed by atoms with Crippen molar-refractivity contribution >= 4 is 23.7 Å². The van der Waals surface area contributed by atoms with Gasteiger partial charge in [0.15, 0.2) is 0 Å². The lowest BCUT2D eigenvalue weighted by molar-refractivity contribution is -0.136. The molecule has 3 amide bonds. The Labute approximate surface area is 125 Å². The summed E-state index contributed by atoms with van der Waals surface area (Å²) >= 11 is 1.87. The van der Waals surface area contributed by atoms with E-state index >= 15 is 0 Å². The van der Waals surface area contributed by atoms with Crippen LogP contribution in [0.15, 0.2) is 0 Å². The van der Waals surface area contributed by atoms with Crippen LogP contribution in [-0.4, -0.2) is 65.0 Å². The fraction of sp³-hybridized carbons (Fsp3) is 0.857. The molecule has 0 saturated carbocycles. The van der Waals surface area contributed by atoms with E-state index < -0.39 is 6.04 Å². The van der Waals surface area contributed by atoms with Gasteiger partial charge in [0.2, 0.25) is 5.91 Å². The van der Waals surface area contributed by atoms with Crippen molar-refractivity contribution in [3.8, 4) is 0 Å². The average molecular weight is 299 g/mol. The summed E-state index contributed by atoms with van der Waals surface area (Å²) < 4.78 is 0. The SMILES string of the molecule is CC(NC(=O)N1CCSCC1)C(=O)N1CCCCC1C. The van der Waals surface area contributed by atoms with Crippen molar-refractivity contribution in [1.29, 1.82) is 0 Å².